The van der Waals surface area contributed by atoms with Crippen molar-refractivity contribution in [3.05, 3.63) is 64.1 Å². The molecular weight excluding hydrogens is 358 g/mol. The maximum atomic E-state index is 11.1. The number of hydrogen-bond donors (Lipinski definition) is 2. The zero-order valence-corrected chi connectivity index (χ0v) is 14.1. The number of carbonyl (C=O) groups is 1. The molecule has 2 unspecified atom stereocenters. The zero-order valence-electron chi connectivity index (χ0n) is 12.5. The largest absolute Gasteiger partial charge is 0.488 e. The van der Waals surface area contributed by atoms with E-state index < -0.39 is 5.97 Å². The Balaban J connectivity index is 1.65. The third-order valence-corrected chi connectivity index (χ3v) is 4.70. The fraction of sp³-hybridized carbons (Fsp3) is 0.278. The molecule has 1 saturated heterocycles. The molecule has 1 aliphatic heterocycles. The molecule has 0 spiro atoms. The molecule has 0 radical (unpaired) electrons. The van der Waals surface area contributed by atoms with E-state index >= 15 is 0 Å². The lowest BCUT2D eigenvalue weighted by atomic mass is 10.0. The topological polar surface area (TPSA) is 58.6 Å². The second-order valence-electron chi connectivity index (χ2n) is 5.70. The summed E-state index contributed by atoms with van der Waals surface area (Å²) in [6.07, 6.45) is 0.617. The predicted octanol–water partition coefficient (Wildman–Crippen LogP) is 3.76. The van der Waals surface area contributed by atoms with Gasteiger partial charge in [0.1, 0.15) is 12.4 Å². The molecule has 0 saturated carbocycles. The van der Waals surface area contributed by atoms with Crippen LogP contribution in [0.4, 0.5) is 0 Å². The standard InChI is InChI=1S/C18H18BrNO3/c19-15-8-13(16-9-14(10-20-16)18(21)22)6-7-17(15)23-11-12-4-2-1-3-5-12/h1-8,14,16,20H,9-11H2,(H,21,22). The van der Waals surface area contributed by atoms with Crippen molar-refractivity contribution in [1.82, 2.24) is 5.32 Å². The van der Waals surface area contributed by atoms with Crippen LogP contribution in [0.1, 0.15) is 23.6 Å². The quantitative estimate of drug-likeness (QED) is 0.834. The lowest BCUT2D eigenvalue weighted by molar-refractivity contribution is -0.141. The van der Waals surface area contributed by atoms with Crippen LogP contribution in [0.2, 0.25) is 0 Å². The van der Waals surface area contributed by atoms with E-state index in [1.54, 1.807) is 0 Å². The fourth-order valence-corrected chi connectivity index (χ4v) is 3.27. The monoisotopic (exact) mass is 375 g/mol. The minimum Gasteiger partial charge on any atom is -0.488 e. The summed E-state index contributed by atoms with van der Waals surface area (Å²) in [7, 11) is 0. The van der Waals surface area contributed by atoms with E-state index in [9.17, 15) is 4.79 Å². The number of benzene rings is 2. The van der Waals surface area contributed by atoms with Crippen molar-refractivity contribution in [2.24, 2.45) is 5.92 Å². The molecule has 2 atom stereocenters. The Morgan fingerprint density at radius 3 is 2.70 bits per heavy atom. The summed E-state index contributed by atoms with van der Waals surface area (Å²) in [5, 5.41) is 12.4. The second-order valence-corrected chi connectivity index (χ2v) is 6.55. The molecule has 2 aromatic carbocycles. The summed E-state index contributed by atoms with van der Waals surface area (Å²) in [4.78, 5) is 11.1. The first-order valence-corrected chi connectivity index (χ1v) is 8.35. The molecule has 0 aromatic heterocycles. The van der Waals surface area contributed by atoms with E-state index in [1.807, 2.05) is 48.5 Å². The summed E-state index contributed by atoms with van der Waals surface area (Å²) in [6.45, 7) is 1.03. The summed E-state index contributed by atoms with van der Waals surface area (Å²) in [5.41, 5.74) is 2.19. The number of halogens is 1. The molecule has 120 valence electrons. The molecule has 3 rings (SSSR count). The fourth-order valence-electron chi connectivity index (χ4n) is 2.76. The molecule has 2 N–H and O–H groups in total. The van der Waals surface area contributed by atoms with Crippen LogP contribution in [-0.2, 0) is 11.4 Å². The summed E-state index contributed by atoms with van der Waals surface area (Å²) in [6, 6.07) is 16.0. The van der Waals surface area contributed by atoms with Crippen molar-refractivity contribution >= 4 is 21.9 Å². The SMILES string of the molecule is O=C(O)C1CNC(c2ccc(OCc3ccccc3)c(Br)c2)C1. The van der Waals surface area contributed by atoms with Crippen molar-refractivity contribution in [3.8, 4) is 5.75 Å². The number of aliphatic carboxylic acids is 1. The van der Waals surface area contributed by atoms with E-state index in [0.717, 1.165) is 21.3 Å². The van der Waals surface area contributed by atoms with Crippen molar-refractivity contribution in [2.75, 3.05) is 6.54 Å². The van der Waals surface area contributed by atoms with Gasteiger partial charge in [-0.05, 0) is 45.6 Å². The minimum atomic E-state index is -0.734. The number of nitrogens with one attached hydrogen (secondary N) is 1. The predicted molar refractivity (Wildman–Crippen MR) is 91.4 cm³/mol. The van der Waals surface area contributed by atoms with Crippen LogP contribution in [0.3, 0.4) is 0 Å². The van der Waals surface area contributed by atoms with Crippen molar-refractivity contribution in [1.29, 1.82) is 0 Å². The van der Waals surface area contributed by atoms with E-state index in [4.69, 9.17) is 9.84 Å². The van der Waals surface area contributed by atoms with Crippen LogP contribution in [0.5, 0.6) is 5.75 Å². The molecule has 1 fully saturated rings. The lowest BCUT2D eigenvalue weighted by Crippen LogP contribution is -2.17. The molecule has 2 aromatic rings. The Bertz CT molecular complexity index is 690. The zero-order chi connectivity index (χ0) is 16.2. The molecule has 23 heavy (non-hydrogen) atoms. The highest BCUT2D eigenvalue weighted by Gasteiger charge is 2.30. The van der Waals surface area contributed by atoms with Gasteiger partial charge in [-0.15, -0.1) is 0 Å². The highest BCUT2D eigenvalue weighted by atomic mass is 79.9. The number of carboxylic acid groups (broad SMARTS) is 1. The van der Waals surface area contributed by atoms with Crippen LogP contribution in [0, 0.1) is 5.92 Å². The molecule has 1 heterocycles. The lowest BCUT2D eigenvalue weighted by Gasteiger charge is -2.14. The number of hydrogen-bond acceptors (Lipinski definition) is 3. The average molecular weight is 376 g/mol. The smallest absolute Gasteiger partial charge is 0.307 e. The van der Waals surface area contributed by atoms with Crippen LogP contribution in [0.25, 0.3) is 0 Å². The van der Waals surface area contributed by atoms with Gasteiger partial charge in [-0.1, -0.05) is 36.4 Å². The van der Waals surface area contributed by atoms with Gasteiger partial charge in [0.25, 0.3) is 0 Å². The van der Waals surface area contributed by atoms with Crippen molar-refractivity contribution in [3.63, 3.8) is 0 Å². The Labute approximate surface area is 143 Å². The Morgan fingerprint density at radius 2 is 2.04 bits per heavy atom. The van der Waals surface area contributed by atoms with Crippen LogP contribution in [-0.4, -0.2) is 17.6 Å². The van der Waals surface area contributed by atoms with Gasteiger partial charge >= 0.3 is 5.97 Å². The van der Waals surface area contributed by atoms with Gasteiger partial charge in [0.2, 0.25) is 0 Å². The minimum absolute atomic E-state index is 0.0792. The molecule has 5 heteroatoms. The van der Waals surface area contributed by atoms with Crippen LogP contribution in [0.15, 0.2) is 53.0 Å². The molecule has 0 bridgehead atoms. The van der Waals surface area contributed by atoms with Crippen LogP contribution >= 0.6 is 15.9 Å². The summed E-state index contributed by atoms with van der Waals surface area (Å²) < 4.78 is 6.72. The number of carboxylic acids is 1. The maximum absolute atomic E-state index is 11.1. The van der Waals surface area contributed by atoms with Crippen molar-refractivity contribution in [2.45, 2.75) is 19.1 Å². The second kappa shape index (κ2) is 7.15. The molecule has 4 nitrogen and oxygen atoms in total. The maximum Gasteiger partial charge on any atom is 0.307 e. The molecular formula is C18H18BrNO3. The van der Waals surface area contributed by atoms with Gasteiger partial charge < -0.3 is 15.2 Å². The average Bonchev–Trinajstić information content (AvgIpc) is 3.05. The Morgan fingerprint density at radius 1 is 1.26 bits per heavy atom. The third-order valence-electron chi connectivity index (χ3n) is 4.08. The van der Waals surface area contributed by atoms with E-state index in [-0.39, 0.29) is 12.0 Å². The van der Waals surface area contributed by atoms with E-state index in [2.05, 4.69) is 21.2 Å². The molecule has 0 aliphatic carbocycles. The number of rotatable bonds is 5. The highest BCUT2D eigenvalue weighted by molar-refractivity contribution is 9.10. The third kappa shape index (κ3) is 3.92. The van der Waals surface area contributed by atoms with Gasteiger partial charge in [-0.2, -0.15) is 0 Å². The molecule has 1 aliphatic rings. The van der Waals surface area contributed by atoms with Gasteiger partial charge in [0.05, 0.1) is 10.4 Å². The number of ether oxygens (including phenoxy) is 1. The van der Waals surface area contributed by atoms with Gasteiger partial charge in [-0.3, -0.25) is 4.79 Å². The van der Waals surface area contributed by atoms with Crippen LogP contribution < -0.4 is 10.1 Å². The first kappa shape index (κ1) is 16.0. The van der Waals surface area contributed by atoms with E-state index in [0.29, 0.717) is 19.6 Å². The van der Waals surface area contributed by atoms with Gasteiger partial charge in [0.15, 0.2) is 0 Å². The van der Waals surface area contributed by atoms with E-state index in [1.165, 1.54) is 0 Å². The summed E-state index contributed by atoms with van der Waals surface area (Å²) in [5.74, 6) is -0.264. The first-order valence-electron chi connectivity index (χ1n) is 7.56. The Kier molecular flexibility index (Phi) is 4.98. The van der Waals surface area contributed by atoms with Gasteiger partial charge in [-0.25, -0.2) is 0 Å². The normalized spacial score (nSPS) is 20.4. The summed E-state index contributed by atoms with van der Waals surface area (Å²) >= 11 is 3.54. The molecule has 0 amide bonds. The van der Waals surface area contributed by atoms with Crippen molar-refractivity contribution < 1.29 is 14.6 Å². The van der Waals surface area contributed by atoms with Gasteiger partial charge in [0, 0.05) is 12.6 Å². The highest BCUT2D eigenvalue weighted by Crippen LogP contribution is 2.33. The first-order chi connectivity index (χ1) is 11.1. The Hall–Kier alpha value is -1.85.